The second-order valence-corrected chi connectivity index (χ2v) is 7.99. The van der Waals surface area contributed by atoms with E-state index in [1.165, 1.54) is 12.8 Å². The average molecular weight is 411 g/mol. The summed E-state index contributed by atoms with van der Waals surface area (Å²) in [7, 11) is 0. The fourth-order valence-electron chi connectivity index (χ4n) is 3.77. The fraction of sp³-hybridized carbons (Fsp3) is 0.542. The molecular formula is C24H34N4O2. The Labute approximate surface area is 180 Å². The van der Waals surface area contributed by atoms with Crippen LogP contribution in [-0.2, 0) is 4.74 Å². The number of hydrogen-bond donors (Lipinski definition) is 0. The fourth-order valence-corrected chi connectivity index (χ4v) is 3.77. The number of aryl methyl sites for hydroxylation is 1. The summed E-state index contributed by atoms with van der Waals surface area (Å²) in [5, 5.41) is 0. The molecule has 0 bridgehead atoms. The lowest BCUT2D eigenvalue weighted by atomic mass is 10.0. The van der Waals surface area contributed by atoms with Crippen molar-refractivity contribution in [1.82, 2.24) is 14.9 Å². The van der Waals surface area contributed by atoms with E-state index < -0.39 is 0 Å². The topological polar surface area (TPSA) is 58.6 Å². The Morgan fingerprint density at radius 3 is 2.50 bits per heavy atom. The predicted octanol–water partition coefficient (Wildman–Crippen LogP) is 4.93. The highest BCUT2D eigenvalue weighted by molar-refractivity contribution is 5.68. The van der Waals surface area contributed by atoms with Crippen LogP contribution in [0.4, 0.5) is 10.6 Å². The van der Waals surface area contributed by atoms with Crippen molar-refractivity contribution < 1.29 is 9.53 Å². The van der Waals surface area contributed by atoms with Crippen LogP contribution in [0.15, 0.2) is 36.4 Å². The molecule has 2 heterocycles. The number of unbranched alkanes of at least 4 members (excludes halogenated alkanes) is 1. The summed E-state index contributed by atoms with van der Waals surface area (Å²) in [4.78, 5) is 25.7. The van der Waals surface area contributed by atoms with Crippen LogP contribution in [-0.4, -0.2) is 53.7 Å². The number of nitrogens with zero attached hydrogens (tertiary/aromatic N) is 4. The summed E-state index contributed by atoms with van der Waals surface area (Å²) < 4.78 is 5.61. The van der Waals surface area contributed by atoms with Gasteiger partial charge in [-0.2, -0.15) is 0 Å². The van der Waals surface area contributed by atoms with Crippen molar-refractivity contribution in [1.29, 1.82) is 0 Å². The third-order valence-corrected chi connectivity index (χ3v) is 5.74. The van der Waals surface area contributed by atoms with Crippen molar-refractivity contribution in [3.8, 4) is 11.3 Å². The monoisotopic (exact) mass is 410 g/mol. The number of ether oxygens (including phenoxy) is 1. The first-order valence-electron chi connectivity index (χ1n) is 11.2. The van der Waals surface area contributed by atoms with Gasteiger partial charge in [0.1, 0.15) is 11.6 Å². The van der Waals surface area contributed by atoms with E-state index in [0.717, 1.165) is 48.8 Å². The van der Waals surface area contributed by atoms with Crippen LogP contribution in [0, 0.1) is 12.8 Å². The van der Waals surface area contributed by atoms with E-state index >= 15 is 0 Å². The van der Waals surface area contributed by atoms with Gasteiger partial charge in [0.15, 0.2) is 0 Å². The van der Waals surface area contributed by atoms with Crippen molar-refractivity contribution in [2.24, 2.45) is 5.92 Å². The van der Waals surface area contributed by atoms with Crippen LogP contribution in [0.2, 0.25) is 0 Å². The Morgan fingerprint density at radius 1 is 1.10 bits per heavy atom. The van der Waals surface area contributed by atoms with Gasteiger partial charge in [-0.3, -0.25) is 0 Å². The van der Waals surface area contributed by atoms with E-state index in [0.29, 0.717) is 25.6 Å². The molecule has 1 aromatic carbocycles. The Balaban J connectivity index is 1.55. The number of benzene rings is 1. The van der Waals surface area contributed by atoms with E-state index in [4.69, 9.17) is 4.74 Å². The predicted molar refractivity (Wildman–Crippen MR) is 121 cm³/mol. The van der Waals surface area contributed by atoms with Gasteiger partial charge >= 0.3 is 6.09 Å². The van der Waals surface area contributed by atoms with Crippen molar-refractivity contribution in [2.75, 3.05) is 37.7 Å². The molecule has 1 aromatic heterocycles. The minimum Gasteiger partial charge on any atom is -0.449 e. The minimum absolute atomic E-state index is 0.187. The number of rotatable bonds is 8. The second-order valence-electron chi connectivity index (χ2n) is 7.99. The van der Waals surface area contributed by atoms with E-state index in [1.807, 2.05) is 36.1 Å². The number of carbonyl (C=O) groups is 1. The largest absolute Gasteiger partial charge is 0.449 e. The number of carbonyl (C=O) groups excluding carboxylic acids is 1. The maximum atomic E-state index is 12.5. The zero-order valence-corrected chi connectivity index (χ0v) is 18.5. The lowest BCUT2D eigenvalue weighted by molar-refractivity contribution is 0.0830. The Morgan fingerprint density at radius 2 is 1.83 bits per heavy atom. The molecule has 1 amide bonds. The zero-order valence-electron chi connectivity index (χ0n) is 18.5. The van der Waals surface area contributed by atoms with Crippen molar-refractivity contribution in [3.05, 3.63) is 42.2 Å². The minimum atomic E-state index is -0.187. The number of aromatic nitrogens is 2. The molecule has 0 radical (unpaired) electrons. The Bertz CT molecular complexity index is 804. The molecule has 1 saturated heterocycles. The molecule has 30 heavy (non-hydrogen) atoms. The van der Waals surface area contributed by atoms with E-state index in [2.05, 4.69) is 40.8 Å². The van der Waals surface area contributed by atoms with Gasteiger partial charge < -0.3 is 14.5 Å². The van der Waals surface area contributed by atoms with Gasteiger partial charge in [-0.25, -0.2) is 14.8 Å². The smallest absolute Gasteiger partial charge is 0.409 e. The van der Waals surface area contributed by atoms with Gasteiger partial charge in [0.2, 0.25) is 0 Å². The van der Waals surface area contributed by atoms with Crippen LogP contribution in [0.25, 0.3) is 11.3 Å². The lowest BCUT2D eigenvalue weighted by Crippen LogP contribution is -2.49. The molecule has 0 spiro atoms. The molecule has 1 unspecified atom stereocenters. The van der Waals surface area contributed by atoms with Crippen molar-refractivity contribution in [2.45, 2.75) is 46.5 Å². The quantitative estimate of drug-likeness (QED) is 0.618. The molecule has 1 fully saturated rings. The summed E-state index contributed by atoms with van der Waals surface area (Å²) in [5.41, 5.74) is 2.01. The highest BCUT2D eigenvalue weighted by Gasteiger charge is 2.24. The van der Waals surface area contributed by atoms with Crippen molar-refractivity contribution in [3.63, 3.8) is 0 Å². The summed E-state index contributed by atoms with van der Waals surface area (Å²) in [5.74, 6) is 2.14. The molecule has 6 heteroatoms. The summed E-state index contributed by atoms with van der Waals surface area (Å²) in [6, 6.07) is 12.2. The van der Waals surface area contributed by atoms with Gasteiger partial charge in [0.25, 0.3) is 0 Å². The Hall–Kier alpha value is -2.63. The normalized spacial score (nSPS) is 15.2. The third kappa shape index (κ3) is 5.94. The van der Waals surface area contributed by atoms with Crippen LogP contribution in [0.3, 0.4) is 0 Å². The maximum absolute atomic E-state index is 12.5. The van der Waals surface area contributed by atoms with Gasteiger partial charge in [0.05, 0.1) is 12.3 Å². The van der Waals surface area contributed by atoms with Crippen molar-refractivity contribution >= 4 is 11.9 Å². The second kappa shape index (κ2) is 11.0. The summed E-state index contributed by atoms with van der Waals surface area (Å²) >= 11 is 0. The van der Waals surface area contributed by atoms with E-state index in [9.17, 15) is 4.79 Å². The molecule has 1 aliphatic rings. The number of anilines is 1. The molecule has 1 aliphatic heterocycles. The zero-order chi connectivity index (χ0) is 21.3. The molecule has 162 valence electrons. The first kappa shape index (κ1) is 22.1. The molecule has 6 nitrogen and oxygen atoms in total. The van der Waals surface area contributed by atoms with E-state index in [1.54, 1.807) is 0 Å². The van der Waals surface area contributed by atoms with Gasteiger partial charge in [-0.05, 0) is 19.3 Å². The third-order valence-electron chi connectivity index (χ3n) is 5.74. The van der Waals surface area contributed by atoms with Crippen LogP contribution in [0.5, 0.6) is 0 Å². The van der Waals surface area contributed by atoms with Crippen LogP contribution < -0.4 is 4.90 Å². The molecular weight excluding hydrogens is 376 g/mol. The number of piperazine rings is 1. The lowest BCUT2D eigenvalue weighted by Gasteiger charge is -2.35. The SMILES string of the molecule is CCCCC(CC)COC(=O)N1CCN(c2cc(-c3ccccc3)nc(C)n2)CC1. The van der Waals surface area contributed by atoms with Crippen LogP contribution >= 0.6 is 0 Å². The number of amides is 1. The highest BCUT2D eigenvalue weighted by atomic mass is 16.6. The summed E-state index contributed by atoms with van der Waals surface area (Å²) in [6.45, 7) is 9.59. The number of hydrogen-bond acceptors (Lipinski definition) is 5. The molecule has 0 aliphatic carbocycles. The van der Waals surface area contributed by atoms with Crippen LogP contribution in [0.1, 0.15) is 45.4 Å². The first-order valence-corrected chi connectivity index (χ1v) is 11.2. The average Bonchev–Trinajstić information content (AvgIpc) is 2.79. The Kier molecular flexibility index (Phi) is 8.05. The molecule has 2 aromatic rings. The molecule has 0 saturated carbocycles. The molecule has 3 rings (SSSR count). The van der Waals surface area contributed by atoms with Gasteiger partial charge in [-0.1, -0.05) is 63.4 Å². The van der Waals surface area contributed by atoms with Gasteiger partial charge in [-0.15, -0.1) is 0 Å². The highest BCUT2D eigenvalue weighted by Crippen LogP contribution is 2.23. The molecule has 1 atom stereocenters. The molecule has 0 N–H and O–H groups in total. The standard InChI is InChI=1S/C24H34N4O2/c1-4-6-10-20(5-2)18-30-24(29)28-15-13-27(14-16-28)23-17-22(25-19(3)26-23)21-11-8-7-9-12-21/h7-9,11-12,17,20H,4-6,10,13-16,18H2,1-3H3. The first-order chi connectivity index (χ1) is 14.6. The van der Waals surface area contributed by atoms with E-state index in [-0.39, 0.29) is 6.09 Å². The summed E-state index contributed by atoms with van der Waals surface area (Å²) in [6.07, 6.45) is 4.37. The van der Waals surface area contributed by atoms with Gasteiger partial charge in [0, 0.05) is 37.8 Å². The maximum Gasteiger partial charge on any atom is 0.409 e.